The van der Waals surface area contributed by atoms with Gasteiger partial charge in [0.1, 0.15) is 5.75 Å². The minimum Gasteiger partial charge on any atom is -0.497 e. The van der Waals surface area contributed by atoms with Crippen LogP contribution in [-0.2, 0) is 9.47 Å². The Kier molecular flexibility index (Phi) is 8.21. The third-order valence-corrected chi connectivity index (χ3v) is 2.86. The van der Waals surface area contributed by atoms with Crippen LogP contribution in [0.25, 0.3) is 0 Å². The number of hydrogen-bond acceptors (Lipinski definition) is 4. The minimum atomic E-state index is 0.0481. The molecule has 0 aliphatic rings. The summed E-state index contributed by atoms with van der Waals surface area (Å²) in [4.78, 5) is 0. The van der Waals surface area contributed by atoms with Gasteiger partial charge < -0.3 is 19.5 Å². The van der Waals surface area contributed by atoms with E-state index in [9.17, 15) is 0 Å². The van der Waals surface area contributed by atoms with Crippen molar-refractivity contribution in [1.29, 1.82) is 0 Å². The van der Waals surface area contributed by atoms with Gasteiger partial charge in [-0.2, -0.15) is 0 Å². The van der Waals surface area contributed by atoms with Gasteiger partial charge in [0.25, 0.3) is 0 Å². The van der Waals surface area contributed by atoms with Gasteiger partial charge in [-0.1, -0.05) is 19.1 Å². The standard InChI is InChI=1S/C15H25NO3/c1-4-16-12-15(19-10-6-9-17-2)13-7-5-8-14(11-13)18-3/h5,7-8,11,15-16H,4,6,9-10,12H2,1-3H3. The highest BCUT2D eigenvalue weighted by Gasteiger charge is 2.12. The lowest BCUT2D eigenvalue weighted by atomic mass is 10.1. The Morgan fingerprint density at radius 2 is 2.05 bits per heavy atom. The van der Waals surface area contributed by atoms with Crippen LogP contribution in [0.4, 0.5) is 0 Å². The van der Waals surface area contributed by atoms with Crippen molar-refractivity contribution in [2.75, 3.05) is 40.5 Å². The van der Waals surface area contributed by atoms with Crippen molar-refractivity contribution in [2.24, 2.45) is 0 Å². The first-order valence-corrected chi connectivity index (χ1v) is 6.77. The summed E-state index contributed by atoms with van der Waals surface area (Å²) in [7, 11) is 3.38. The summed E-state index contributed by atoms with van der Waals surface area (Å²) in [5, 5.41) is 3.33. The zero-order valence-corrected chi connectivity index (χ0v) is 12.1. The highest BCUT2D eigenvalue weighted by atomic mass is 16.5. The molecule has 0 amide bonds. The molecule has 0 bridgehead atoms. The Bertz CT molecular complexity index is 344. The summed E-state index contributed by atoms with van der Waals surface area (Å²) in [5.41, 5.74) is 1.14. The van der Waals surface area contributed by atoms with Crippen LogP contribution in [0.3, 0.4) is 0 Å². The maximum atomic E-state index is 5.93. The molecule has 1 rings (SSSR count). The largest absolute Gasteiger partial charge is 0.497 e. The first-order chi connectivity index (χ1) is 9.31. The molecule has 0 aliphatic heterocycles. The van der Waals surface area contributed by atoms with Crippen LogP contribution in [0.1, 0.15) is 25.0 Å². The van der Waals surface area contributed by atoms with E-state index < -0.39 is 0 Å². The van der Waals surface area contributed by atoms with E-state index in [2.05, 4.69) is 18.3 Å². The van der Waals surface area contributed by atoms with Crippen molar-refractivity contribution < 1.29 is 14.2 Å². The zero-order valence-electron chi connectivity index (χ0n) is 12.1. The highest BCUT2D eigenvalue weighted by Crippen LogP contribution is 2.21. The van der Waals surface area contributed by atoms with Gasteiger partial charge in [0.2, 0.25) is 0 Å². The molecular formula is C15H25NO3. The number of hydrogen-bond donors (Lipinski definition) is 1. The molecule has 0 saturated heterocycles. The summed E-state index contributed by atoms with van der Waals surface area (Å²) in [6.45, 7) is 5.25. The van der Waals surface area contributed by atoms with Crippen molar-refractivity contribution in [1.82, 2.24) is 5.32 Å². The average Bonchev–Trinajstić information content (AvgIpc) is 2.46. The fourth-order valence-corrected chi connectivity index (χ4v) is 1.82. The molecule has 4 heteroatoms. The first-order valence-electron chi connectivity index (χ1n) is 6.77. The summed E-state index contributed by atoms with van der Waals surface area (Å²) in [5.74, 6) is 0.861. The molecule has 4 nitrogen and oxygen atoms in total. The minimum absolute atomic E-state index is 0.0481. The van der Waals surface area contributed by atoms with E-state index in [0.29, 0.717) is 6.61 Å². The molecule has 0 spiro atoms. The quantitative estimate of drug-likeness (QED) is 0.661. The lowest BCUT2D eigenvalue weighted by molar-refractivity contribution is 0.0390. The number of rotatable bonds is 10. The van der Waals surface area contributed by atoms with Crippen LogP contribution in [0, 0.1) is 0 Å². The third-order valence-electron chi connectivity index (χ3n) is 2.86. The Morgan fingerprint density at radius 3 is 2.74 bits per heavy atom. The van der Waals surface area contributed by atoms with Crippen molar-refractivity contribution >= 4 is 0 Å². The van der Waals surface area contributed by atoms with E-state index in [1.165, 1.54) is 0 Å². The summed E-state index contributed by atoms with van der Waals surface area (Å²) in [6.07, 6.45) is 0.954. The number of benzene rings is 1. The van der Waals surface area contributed by atoms with E-state index in [-0.39, 0.29) is 6.10 Å². The lowest BCUT2D eigenvalue weighted by Crippen LogP contribution is -2.23. The molecule has 0 fully saturated rings. The highest BCUT2D eigenvalue weighted by molar-refractivity contribution is 5.30. The van der Waals surface area contributed by atoms with Crippen LogP contribution in [-0.4, -0.2) is 40.5 Å². The van der Waals surface area contributed by atoms with E-state index >= 15 is 0 Å². The fourth-order valence-electron chi connectivity index (χ4n) is 1.82. The zero-order chi connectivity index (χ0) is 13.9. The summed E-state index contributed by atoms with van der Waals surface area (Å²) < 4.78 is 16.2. The fraction of sp³-hybridized carbons (Fsp3) is 0.600. The Labute approximate surface area is 116 Å². The van der Waals surface area contributed by atoms with Gasteiger partial charge in [-0.15, -0.1) is 0 Å². The maximum Gasteiger partial charge on any atom is 0.119 e. The van der Waals surface area contributed by atoms with E-state index in [1.807, 2.05) is 18.2 Å². The Balaban J connectivity index is 2.60. The van der Waals surface area contributed by atoms with Crippen molar-refractivity contribution in [3.05, 3.63) is 29.8 Å². The number of ether oxygens (including phenoxy) is 3. The molecule has 0 saturated carbocycles. The molecule has 1 N–H and O–H groups in total. The second-order valence-corrected chi connectivity index (χ2v) is 4.29. The van der Waals surface area contributed by atoms with Crippen molar-refractivity contribution in [3.63, 3.8) is 0 Å². The normalized spacial score (nSPS) is 12.4. The van der Waals surface area contributed by atoms with E-state index in [0.717, 1.165) is 37.4 Å². The van der Waals surface area contributed by atoms with Gasteiger partial charge in [0, 0.05) is 26.9 Å². The summed E-state index contributed by atoms with van der Waals surface area (Å²) in [6, 6.07) is 8.03. The van der Waals surface area contributed by atoms with Crippen LogP contribution >= 0.6 is 0 Å². The molecule has 1 atom stereocenters. The van der Waals surface area contributed by atoms with Crippen LogP contribution in [0.2, 0.25) is 0 Å². The van der Waals surface area contributed by atoms with E-state index in [1.54, 1.807) is 14.2 Å². The van der Waals surface area contributed by atoms with Gasteiger partial charge in [0.05, 0.1) is 13.2 Å². The van der Waals surface area contributed by atoms with Crippen LogP contribution < -0.4 is 10.1 Å². The predicted molar refractivity (Wildman–Crippen MR) is 76.7 cm³/mol. The Hall–Kier alpha value is -1.10. The van der Waals surface area contributed by atoms with Gasteiger partial charge in [0.15, 0.2) is 0 Å². The second-order valence-electron chi connectivity index (χ2n) is 4.29. The van der Waals surface area contributed by atoms with Crippen LogP contribution in [0.5, 0.6) is 5.75 Å². The molecular weight excluding hydrogens is 242 g/mol. The predicted octanol–water partition coefficient (Wildman–Crippen LogP) is 2.40. The molecule has 108 valence electrons. The number of likely N-dealkylation sites (N-methyl/N-ethyl adjacent to an activating group) is 1. The molecule has 0 aromatic heterocycles. The molecule has 1 aromatic carbocycles. The molecule has 0 heterocycles. The molecule has 1 aromatic rings. The molecule has 0 aliphatic carbocycles. The number of methoxy groups -OCH3 is 2. The topological polar surface area (TPSA) is 39.7 Å². The van der Waals surface area contributed by atoms with Gasteiger partial charge in [-0.3, -0.25) is 0 Å². The summed E-state index contributed by atoms with van der Waals surface area (Å²) >= 11 is 0. The van der Waals surface area contributed by atoms with E-state index in [4.69, 9.17) is 14.2 Å². The smallest absolute Gasteiger partial charge is 0.119 e. The van der Waals surface area contributed by atoms with Crippen LogP contribution in [0.15, 0.2) is 24.3 Å². The molecule has 19 heavy (non-hydrogen) atoms. The molecule has 1 unspecified atom stereocenters. The second kappa shape index (κ2) is 9.78. The average molecular weight is 267 g/mol. The van der Waals surface area contributed by atoms with Gasteiger partial charge >= 0.3 is 0 Å². The Morgan fingerprint density at radius 1 is 1.21 bits per heavy atom. The maximum absolute atomic E-state index is 5.93. The third kappa shape index (κ3) is 6.05. The number of nitrogens with one attached hydrogen (secondary N) is 1. The SMILES string of the molecule is CCNCC(OCCCOC)c1cccc(OC)c1. The van der Waals surface area contributed by atoms with Gasteiger partial charge in [-0.25, -0.2) is 0 Å². The monoisotopic (exact) mass is 267 g/mol. The van der Waals surface area contributed by atoms with Crippen molar-refractivity contribution in [2.45, 2.75) is 19.4 Å². The molecule has 0 radical (unpaired) electrons. The lowest BCUT2D eigenvalue weighted by Gasteiger charge is -2.19. The first kappa shape index (κ1) is 16.0. The van der Waals surface area contributed by atoms with Gasteiger partial charge in [-0.05, 0) is 30.7 Å². The van der Waals surface area contributed by atoms with Crippen molar-refractivity contribution in [3.8, 4) is 5.75 Å².